The largest absolute Gasteiger partial charge is 0.348 e. The number of sulfonamides is 1. The van der Waals surface area contributed by atoms with Gasteiger partial charge in [-0.1, -0.05) is 67.1 Å². The fourth-order valence-electron chi connectivity index (χ4n) is 3.29. The summed E-state index contributed by atoms with van der Waals surface area (Å²) in [5.74, 6) is -0.368. The molecule has 0 saturated heterocycles. The number of rotatable bonds is 8. The van der Waals surface area contributed by atoms with E-state index < -0.39 is 10.0 Å². The molecule has 1 atom stereocenters. The molecule has 1 amide bonds. The van der Waals surface area contributed by atoms with Crippen molar-refractivity contribution in [3.8, 4) is 0 Å². The molecule has 3 rings (SSSR count). The fraction of sp³-hybridized carbons (Fsp3) is 0.240. The van der Waals surface area contributed by atoms with Gasteiger partial charge < -0.3 is 5.32 Å². The van der Waals surface area contributed by atoms with Crippen molar-refractivity contribution in [2.45, 2.75) is 38.1 Å². The maximum absolute atomic E-state index is 13.4. The zero-order valence-corrected chi connectivity index (χ0v) is 18.9. The van der Waals surface area contributed by atoms with E-state index in [0.29, 0.717) is 5.69 Å². The van der Waals surface area contributed by atoms with Crippen LogP contribution in [0.3, 0.4) is 0 Å². The first-order chi connectivity index (χ1) is 14.8. The molecule has 3 aromatic carbocycles. The highest BCUT2D eigenvalue weighted by molar-refractivity contribution is 7.92. The molecular weight excluding hydrogens is 408 g/mol. The van der Waals surface area contributed by atoms with Crippen molar-refractivity contribution < 1.29 is 13.2 Å². The highest BCUT2D eigenvalue weighted by atomic mass is 32.2. The van der Waals surface area contributed by atoms with Crippen molar-refractivity contribution in [2.24, 2.45) is 0 Å². The van der Waals surface area contributed by atoms with Gasteiger partial charge in [-0.2, -0.15) is 0 Å². The number of amides is 1. The van der Waals surface area contributed by atoms with Crippen molar-refractivity contribution in [2.75, 3.05) is 10.8 Å². The third kappa shape index (κ3) is 5.52. The molecule has 5 nitrogen and oxygen atoms in total. The summed E-state index contributed by atoms with van der Waals surface area (Å²) in [6, 6.07) is 23.1. The number of carbonyl (C=O) groups is 1. The van der Waals surface area contributed by atoms with Gasteiger partial charge in [0.1, 0.15) is 6.54 Å². The Morgan fingerprint density at radius 2 is 1.55 bits per heavy atom. The minimum Gasteiger partial charge on any atom is -0.348 e. The van der Waals surface area contributed by atoms with E-state index in [0.717, 1.165) is 23.1 Å². The van der Waals surface area contributed by atoms with E-state index in [1.807, 2.05) is 57.2 Å². The number of nitrogens with one attached hydrogen (secondary N) is 1. The SMILES string of the molecule is CCc1ccc(N(CC(=O)N[C@H](C)c2ccc(C)cc2)S(=O)(=O)c2ccccc2)cc1. The molecule has 0 radical (unpaired) electrons. The van der Waals surface area contributed by atoms with E-state index in [1.54, 1.807) is 30.3 Å². The molecule has 0 saturated carbocycles. The molecule has 0 aliphatic rings. The number of benzene rings is 3. The van der Waals surface area contributed by atoms with Gasteiger partial charge in [-0.3, -0.25) is 9.10 Å². The molecule has 0 bridgehead atoms. The Morgan fingerprint density at radius 3 is 2.13 bits per heavy atom. The van der Waals surface area contributed by atoms with E-state index in [4.69, 9.17) is 0 Å². The number of carbonyl (C=O) groups excluding carboxylic acids is 1. The molecule has 0 spiro atoms. The molecule has 1 N–H and O–H groups in total. The summed E-state index contributed by atoms with van der Waals surface area (Å²) in [7, 11) is -3.90. The number of hydrogen-bond donors (Lipinski definition) is 1. The first kappa shape index (κ1) is 22.6. The Balaban J connectivity index is 1.87. The first-order valence-electron chi connectivity index (χ1n) is 10.3. The molecule has 0 aliphatic heterocycles. The molecule has 6 heteroatoms. The highest BCUT2D eigenvalue weighted by Crippen LogP contribution is 2.24. The summed E-state index contributed by atoms with van der Waals surface area (Å²) in [4.78, 5) is 13.0. The van der Waals surface area contributed by atoms with Crippen LogP contribution < -0.4 is 9.62 Å². The Labute approximate surface area is 184 Å². The summed E-state index contributed by atoms with van der Waals surface area (Å²) >= 11 is 0. The molecule has 0 heterocycles. The highest BCUT2D eigenvalue weighted by Gasteiger charge is 2.27. The quantitative estimate of drug-likeness (QED) is 0.560. The van der Waals surface area contributed by atoms with Crippen LogP contribution in [0.5, 0.6) is 0 Å². The molecule has 162 valence electrons. The van der Waals surface area contributed by atoms with E-state index in [-0.39, 0.29) is 23.4 Å². The second-order valence-corrected chi connectivity index (χ2v) is 9.41. The van der Waals surface area contributed by atoms with E-state index in [2.05, 4.69) is 5.32 Å². The Hall–Kier alpha value is -3.12. The first-order valence-corrected chi connectivity index (χ1v) is 11.8. The smallest absolute Gasteiger partial charge is 0.264 e. The average molecular weight is 437 g/mol. The maximum Gasteiger partial charge on any atom is 0.264 e. The lowest BCUT2D eigenvalue weighted by molar-refractivity contribution is -0.120. The normalized spacial score (nSPS) is 12.2. The van der Waals surface area contributed by atoms with Crippen LogP contribution in [0.15, 0.2) is 83.8 Å². The Bertz CT molecular complexity index is 1110. The number of hydrogen-bond acceptors (Lipinski definition) is 3. The summed E-state index contributed by atoms with van der Waals surface area (Å²) in [5, 5.41) is 2.92. The van der Waals surface area contributed by atoms with Gasteiger partial charge in [0.05, 0.1) is 16.6 Å². The van der Waals surface area contributed by atoms with Gasteiger partial charge in [-0.05, 0) is 55.7 Å². The van der Waals surface area contributed by atoms with Crippen molar-refractivity contribution in [3.63, 3.8) is 0 Å². The summed E-state index contributed by atoms with van der Waals surface area (Å²) in [5.41, 5.74) is 3.65. The zero-order chi connectivity index (χ0) is 22.4. The third-order valence-electron chi connectivity index (χ3n) is 5.21. The van der Waals surface area contributed by atoms with Crippen molar-refractivity contribution in [3.05, 3.63) is 95.6 Å². The zero-order valence-electron chi connectivity index (χ0n) is 18.1. The second-order valence-electron chi connectivity index (χ2n) is 7.54. The topological polar surface area (TPSA) is 66.5 Å². The predicted molar refractivity (Wildman–Crippen MR) is 125 cm³/mol. The molecule has 0 aliphatic carbocycles. The lowest BCUT2D eigenvalue weighted by Gasteiger charge is -2.25. The van der Waals surface area contributed by atoms with Gasteiger partial charge in [0.25, 0.3) is 10.0 Å². The monoisotopic (exact) mass is 436 g/mol. The molecule has 0 unspecified atom stereocenters. The van der Waals surface area contributed by atoms with Gasteiger partial charge in [0.15, 0.2) is 0 Å². The van der Waals surface area contributed by atoms with Crippen molar-refractivity contribution >= 4 is 21.6 Å². The summed E-state index contributed by atoms with van der Waals surface area (Å²) in [6.07, 6.45) is 0.847. The Kier molecular flexibility index (Phi) is 7.13. The number of nitrogens with zero attached hydrogens (tertiary/aromatic N) is 1. The van der Waals surface area contributed by atoms with Crippen LogP contribution in [-0.4, -0.2) is 20.9 Å². The average Bonchev–Trinajstić information content (AvgIpc) is 2.78. The van der Waals surface area contributed by atoms with Crippen LogP contribution in [0.25, 0.3) is 0 Å². The fourth-order valence-corrected chi connectivity index (χ4v) is 4.73. The van der Waals surface area contributed by atoms with Gasteiger partial charge in [-0.25, -0.2) is 8.42 Å². The molecule has 0 fully saturated rings. The third-order valence-corrected chi connectivity index (χ3v) is 6.99. The summed E-state index contributed by atoms with van der Waals surface area (Å²) < 4.78 is 27.9. The van der Waals surface area contributed by atoms with Crippen LogP contribution in [-0.2, 0) is 21.2 Å². The van der Waals surface area contributed by atoms with Crippen LogP contribution >= 0.6 is 0 Å². The Morgan fingerprint density at radius 1 is 0.935 bits per heavy atom. The minimum absolute atomic E-state index is 0.147. The molecule has 31 heavy (non-hydrogen) atoms. The molecular formula is C25H28N2O3S. The standard InChI is InChI=1S/C25H28N2O3S/c1-4-21-12-16-23(17-13-21)27(31(29,30)24-8-6-5-7-9-24)18-25(28)26-20(3)22-14-10-19(2)11-15-22/h5-17,20H,4,18H2,1-3H3,(H,26,28)/t20-/m1/s1. The second kappa shape index (κ2) is 9.79. The van der Waals surface area contributed by atoms with Gasteiger partial charge >= 0.3 is 0 Å². The summed E-state index contributed by atoms with van der Waals surface area (Å²) in [6.45, 7) is 5.62. The van der Waals surface area contributed by atoms with E-state index in [1.165, 1.54) is 16.4 Å². The van der Waals surface area contributed by atoms with Crippen molar-refractivity contribution in [1.82, 2.24) is 5.32 Å². The van der Waals surface area contributed by atoms with Crippen LogP contribution in [0.4, 0.5) is 5.69 Å². The van der Waals surface area contributed by atoms with Crippen LogP contribution in [0.2, 0.25) is 0 Å². The number of anilines is 1. The van der Waals surface area contributed by atoms with Gasteiger partial charge in [0, 0.05) is 0 Å². The number of aryl methyl sites for hydroxylation is 2. The van der Waals surface area contributed by atoms with Crippen LogP contribution in [0, 0.1) is 6.92 Å². The lowest BCUT2D eigenvalue weighted by atomic mass is 10.1. The lowest BCUT2D eigenvalue weighted by Crippen LogP contribution is -2.41. The van der Waals surface area contributed by atoms with E-state index in [9.17, 15) is 13.2 Å². The van der Waals surface area contributed by atoms with E-state index >= 15 is 0 Å². The minimum atomic E-state index is -3.90. The van der Waals surface area contributed by atoms with Gasteiger partial charge in [0.2, 0.25) is 5.91 Å². The molecule has 3 aromatic rings. The maximum atomic E-state index is 13.4. The predicted octanol–water partition coefficient (Wildman–Crippen LogP) is 4.63. The van der Waals surface area contributed by atoms with Crippen molar-refractivity contribution in [1.29, 1.82) is 0 Å². The van der Waals surface area contributed by atoms with Crippen LogP contribution in [0.1, 0.15) is 36.6 Å². The van der Waals surface area contributed by atoms with Gasteiger partial charge in [-0.15, -0.1) is 0 Å². The molecule has 0 aromatic heterocycles.